The van der Waals surface area contributed by atoms with E-state index in [1.54, 1.807) is 12.1 Å². The van der Waals surface area contributed by atoms with Gasteiger partial charge in [0.2, 0.25) is 11.7 Å². The maximum Gasteiger partial charge on any atom is 0.471 e. The molecule has 1 amide bonds. The molecule has 0 saturated carbocycles. The van der Waals surface area contributed by atoms with Gasteiger partial charge in [0.05, 0.1) is 19.3 Å². The fourth-order valence-electron chi connectivity index (χ4n) is 2.10. The molecule has 1 N–H and O–H groups in total. The first-order chi connectivity index (χ1) is 13.8. The first kappa shape index (κ1) is 20.0. The molecule has 3 aromatic rings. The third kappa shape index (κ3) is 5.40. The molecule has 0 aliphatic heterocycles. The van der Waals surface area contributed by atoms with Crippen LogP contribution in [-0.2, 0) is 24.1 Å². The molecular formula is C17H14F3N5O4. The first-order valence-electron chi connectivity index (χ1n) is 8.11. The van der Waals surface area contributed by atoms with E-state index in [9.17, 15) is 18.0 Å². The summed E-state index contributed by atoms with van der Waals surface area (Å²) in [6, 6.07) is 6.32. The molecule has 0 saturated heterocycles. The largest absolute Gasteiger partial charge is 0.481 e. The van der Waals surface area contributed by atoms with Crippen molar-refractivity contribution in [3.8, 4) is 17.3 Å². The van der Waals surface area contributed by atoms with Gasteiger partial charge < -0.3 is 19.3 Å². The highest BCUT2D eigenvalue weighted by atomic mass is 19.4. The number of pyridine rings is 2. The molecule has 9 nitrogen and oxygen atoms in total. The zero-order valence-corrected chi connectivity index (χ0v) is 14.9. The lowest BCUT2D eigenvalue weighted by atomic mass is 10.2. The average molecular weight is 409 g/mol. The Labute approximate surface area is 161 Å². The van der Waals surface area contributed by atoms with Crippen molar-refractivity contribution in [1.29, 1.82) is 0 Å². The van der Waals surface area contributed by atoms with E-state index in [2.05, 4.69) is 29.9 Å². The summed E-state index contributed by atoms with van der Waals surface area (Å²) in [5, 5.41) is 5.78. The lowest BCUT2D eigenvalue weighted by molar-refractivity contribution is -0.159. The molecule has 0 aliphatic rings. The molecule has 0 atom stereocenters. The minimum absolute atomic E-state index is 0.0224. The summed E-state index contributed by atoms with van der Waals surface area (Å²) in [5.41, 5.74) is 1.38. The van der Waals surface area contributed by atoms with E-state index in [0.717, 1.165) is 0 Å². The number of hydrogen-bond acceptors (Lipinski definition) is 8. The van der Waals surface area contributed by atoms with E-state index < -0.39 is 18.2 Å². The van der Waals surface area contributed by atoms with Crippen LogP contribution in [0.1, 0.15) is 17.1 Å². The van der Waals surface area contributed by atoms with Gasteiger partial charge in [0, 0.05) is 29.6 Å². The zero-order valence-electron chi connectivity index (χ0n) is 14.9. The molecule has 0 bridgehead atoms. The highest BCUT2D eigenvalue weighted by Gasteiger charge is 2.38. The summed E-state index contributed by atoms with van der Waals surface area (Å²) in [6.45, 7) is 0.0780. The number of halogens is 3. The Balaban J connectivity index is 1.49. The van der Waals surface area contributed by atoms with Gasteiger partial charge >= 0.3 is 18.2 Å². The van der Waals surface area contributed by atoms with Crippen molar-refractivity contribution in [2.75, 3.05) is 7.11 Å². The summed E-state index contributed by atoms with van der Waals surface area (Å²) in [4.78, 5) is 23.1. The van der Waals surface area contributed by atoms with Gasteiger partial charge in [-0.25, -0.2) is 9.78 Å². The van der Waals surface area contributed by atoms with Crippen molar-refractivity contribution in [3.63, 3.8) is 0 Å². The minimum Gasteiger partial charge on any atom is -0.481 e. The van der Waals surface area contributed by atoms with Crippen LogP contribution >= 0.6 is 0 Å². The Bertz CT molecular complexity index is 958. The number of aromatic nitrogens is 4. The van der Waals surface area contributed by atoms with Crippen LogP contribution in [0.25, 0.3) is 11.4 Å². The average Bonchev–Trinajstić information content (AvgIpc) is 3.22. The Morgan fingerprint density at radius 1 is 1.17 bits per heavy atom. The van der Waals surface area contributed by atoms with Crippen LogP contribution in [0.3, 0.4) is 0 Å². The summed E-state index contributed by atoms with van der Waals surface area (Å²) in [7, 11) is 1.49. The number of ether oxygens (including phenoxy) is 2. The number of rotatable bonds is 6. The lowest BCUT2D eigenvalue weighted by Gasteiger charge is -2.07. The van der Waals surface area contributed by atoms with Gasteiger partial charge in [-0.1, -0.05) is 5.16 Å². The van der Waals surface area contributed by atoms with Gasteiger partial charge in [-0.05, 0) is 18.2 Å². The normalized spacial score (nSPS) is 11.2. The summed E-state index contributed by atoms with van der Waals surface area (Å²) < 4.78 is 51.6. The highest BCUT2D eigenvalue weighted by Crippen LogP contribution is 2.29. The first-order valence-corrected chi connectivity index (χ1v) is 8.11. The van der Waals surface area contributed by atoms with Crippen LogP contribution in [-0.4, -0.2) is 33.3 Å². The van der Waals surface area contributed by atoms with Crippen LogP contribution in [0.15, 0.2) is 41.2 Å². The Morgan fingerprint density at radius 2 is 2.00 bits per heavy atom. The molecule has 3 aromatic heterocycles. The number of alkyl carbamates (subject to hydrolysis) is 1. The predicted octanol–water partition coefficient (Wildman–Crippen LogP) is 2.98. The summed E-state index contributed by atoms with van der Waals surface area (Å²) in [6.07, 6.45) is -2.59. The van der Waals surface area contributed by atoms with E-state index in [-0.39, 0.29) is 24.5 Å². The maximum atomic E-state index is 12.5. The van der Waals surface area contributed by atoms with E-state index in [1.165, 1.54) is 31.6 Å². The number of methoxy groups -OCH3 is 1. The van der Waals surface area contributed by atoms with E-state index >= 15 is 0 Å². The van der Waals surface area contributed by atoms with E-state index in [4.69, 9.17) is 9.47 Å². The molecular weight excluding hydrogens is 395 g/mol. The number of carbonyl (C=O) groups excluding carboxylic acids is 1. The number of hydrogen-bond donors (Lipinski definition) is 1. The van der Waals surface area contributed by atoms with Gasteiger partial charge in [0.15, 0.2) is 0 Å². The Morgan fingerprint density at radius 3 is 2.59 bits per heavy atom. The number of nitrogens with one attached hydrogen (secondary N) is 1. The number of carbonyl (C=O) groups is 1. The number of alkyl halides is 3. The van der Waals surface area contributed by atoms with Crippen molar-refractivity contribution < 1.29 is 32.0 Å². The topological polar surface area (TPSA) is 112 Å². The molecule has 0 fully saturated rings. The van der Waals surface area contributed by atoms with Crippen LogP contribution < -0.4 is 10.1 Å². The van der Waals surface area contributed by atoms with Crippen molar-refractivity contribution in [2.24, 2.45) is 0 Å². The highest BCUT2D eigenvalue weighted by molar-refractivity contribution is 5.67. The van der Waals surface area contributed by atoms with Crippen LogP contribution in [0, 0.1) is 0 Å². The van der Waals surface area contributed by atoms with Crippen molar-refractivity contribution in [3.05, 3.63) is 53.8 Å². The molecule has 12 heteroatoms. The molecule has 0 unspecified atom stereocenters. The Hall–Kier alpha value is -3.70. The molecule has 3 rings (SSSR count). The van der Waals surface area contributed by atoms with Crippen LogP contribution in [0.5, 0.6) is 5.88 Å². The third-order valence-electron chi connectivity index (χ3n) is 3.54. The van der Waals surface area contributed by atoms with Gasteiger partial charge in [-0.2, -0.15) is 18.2 Å². The predicted molar refractivity (Wildman–Crippen MR) is 90.3 cm³/mol. The summed E-state index contributed by atoms with van der Waals surface area (Å²) in [5.74, 6) is -1.23. The van der Waals surface area contributed by atoms with Gasteiger partial charge in [0.1, 0.15) is 6.61 Å². The quantitative estimate of drug-likeness (QED) is 0.661. The van der Waals surface area contributed by atoms with Crippen molar-refractivity contribution >= 4 is 6.09 Å². The maximum absolute atomic E-state index is 12.5. The molecule has 0 spiro atoms. The molecule has 0 aromatic carbocycles. The molecule has 0 aliphatic carbocycles. The lowest BCUT2D eigenvalue weighted by Crippen LogP contribution is -2.24. The van der Waals surface area contributed by atoms with E-state index in [0.29, 0.717) is 17.1 Å². The fraction of sp³-hybridized carbons (Fsp3) is 0.235. The zero-order chi connectivity index (χ0) is 20.9. The molecule has 29 heavy (non-hydrogen) atoms. The van der Waals surface area contributed by atoms with Crippen LogP contribution in [0.2, 0.25) is 0 Å². The van der Waals surface area contributed by atoms with Gasteiger partial charge in [-0.3, -0.25) is 4.98 Å². The van der Waals surface area contributed by atoms with Gasteiger partial charge in [-0.15, -0.1) is 0 Å². The number of amides is 1. The Kier molecular flexibility index (Phi) is 5.90. The van der Waals surface area contributed by atoms with Crippen molar-refractivity contribution in [1.82, 2.24) is 25.4 Å². The van der Waals surface area contributed by atoms with Crippen LogP contribution in [0.4, 0.5) is 18.0 Å². The SMILES string of the molecule is COc1ccc(COC(=O)NCc2ccc(-c3noc(C(F)(F)F)n3)cn2)cn1. The smallest absolute Gasteiger partial charge is 0.471 e. The molecule has 0 radical (unpaired) electrons. The fourth-order valence-corrected chi connectivity index (χ4v) is 2.10. The van der Waals surface area contributed by atoms with E-state index in [1.807, 2.05) is 0 Å². The second-order valence-electron chi connectivity index (χ2n) is 5.60. The van der Waals surface area contributed by atoms with Gasteiger partial charge in [0.25, 0.3) is 0 Å². The van der Waals surface area contributed by atoms with Crippen molar-refractivity contribution in [2.45, 2.75) is 19.3 Å². The molecule has 152 valence electrons. The monoisotopic (exact) mass is 409 g/mol. The standard InChI is InChI=1S/C17H14F3N5O4/c1-27-13-5-2-10(6-22-13)9-28-16(26)23-8-12-4-3-11(7-21-12)14-24-15(29-25-14)17(18,19)20/h2-7H,8-9H2,1H3,(H,23,26). The summed E-state index contributed by atoms with van der Waals surface area (Å²) >= 11 is 0. The molecule has 3 heterocycles. The third-order valence-corrected chi connectivity index (χ3v) is 3.54. The second-order valence-corrected chi connectivity index (χ2v) is 5.60. The minimum atomic E-state index is -4.72. The number of nitrogens with zero attached hydrogens (tertiary/aromatic N) is 4. The second kappa shape index (κ2) is 8.54.